The molecule has 7 heteroatoms. The van der Waals surface area contributed by atoms with Crippen molar-refractivity contribution in [2.45, 2.75) is 6.42 Å². The van der Waals surface area contributed by atoms with Gasteiger partial charge in [-0.15, -0.1) is 4.40 Å². The number of sulfonamides is 1. The molecule has 2 aromatic carbocycles. The first-order valence-electron chi connectivity index (χ1n) is 9.01. The average molecular weight is 391 g/mol. The molecule has 3 aliphatic rings. The third-order valence-electron chi connectivity index (χ3n) is 5.15. The summed E-state index contributed by atoms with van der Waals surface area (Å²) in [6, 6.07) is 14.1. The van der Waals surface area contributed by atoms with Crippen molar-refractivity contribution >= 4 is 27.5 Å². The predicted molar refractivity (Wildman–Crippen MR) is 108 cm³/mol. The van der Waals surface area contributed by atoms with Crippen molar-refractivity contribution in [3.05, 3.63) is 77.5 Å². The number of nitrogens with zero attached hydrogens (tertiary/aromatic N) is 2. The minimum absolute atomic E-state index is 0.0544. The lowest BCUT2D eigenvalue weighted by atomic mass is 10.1. The first-order valence-corrected chi connectivity index (χ1v) is 10.6. The molecule has 28 heavy (non-hydrogen) atoms. The van der Waals surface area contributed by atoms with Gasteiger partial charge in [-0.1, -0.05) is 30.3 Å². The van der Waals surface area contributed by atoms with Crippen molar-refractivity contribution in [2.24, 2.45) is 4.40 Å². The Morgan fingerprint density at radius 2 is 1.89 bits per heavy atom. The molecule has 2 heterocycles. The highest BCUT2D eigenvalue weighted by Gasteiger charge is 2.30. The zero-order valence-corrected chi connectivity index (χ0v) is 15.7. The summed E-state index contributed by atoms with van der Waals surface area (Å²) in [4.78, 5) is 14.5. The number of amidine groups is 1. The largest absolute Gasteiger partial charge is 0.331 e. The minimum atomic E-state index is -3.54. The summed E-state index contributed by atoms with van der Waals surface area (Å²) in [7, 11) is -3.54. The highest BCUT2D eigenvalue weighted by molar-refractivity contribution is 7.90. The molecule has 0 saturated heterocycles. The Labute approximate surface area is 163 Å². The smallest absolute Gasteiger partial charge is 0.259 e. The van der Waals surface area contributed by atoms with E-state index in [4.69, 9.17) is 0 Å². The first-order chi connectivity index (χ1) is 13.5. The van der Waals surface area contributed by atoms with Crippen LogP contribution in [0.15, 0.2) is 70.8 Å². The van der Waals surface area contributed by atoms with Crippen molar-refractivity contribution in [1.29, 1.82) is 0 Å². The van der Waals surface area contributed by atoms with Crippen LogP contribution in [-0.2, 0) is 21.2 Å². The van der Waals surface area contributed by atoms with Gasteiger partial charge >= 0.3 is 0 Å². The van der Waals surface area contributed by atoms with Crippen molar-refractivity contribution in [2.75, 3.05) is 17.6 Å². The first kappa shape index (κ1) is 16.9. The summed E-state index contributed by atoms with van der Waals surface area (Å²) in [5.41, 5.74) is 5.77. The standard InChI is InChI=1S/C21H17N3O3S/c25-21(19-6-3-9-24-10-11-28(26,27)23-20(19)24)22-16-7-8-18-15(13-16)12-14-4-1-2-5-17(14)18/h1-9,13H,10-12H2,(H,22,25). The number of carbonyl (C=O) groups is 1. The van der Waals surface area contributed by atoms with Crippen LogP contribution in [0.2, 0.25) is 0 Å². The van der Waals surface area contributed by atoms with Gasteiger partial charge in [-0.25, -0.2) is 8.42 Å². The number of rotatable bonds is 2. The number of benzene rings is 2. The average Bonchev–Trinajstić information content (AvgIpc) is 3.04. The number of nitrogens with one attached hydrogen (secondary N) is 1. The number of hydrogen-bond donors (Lipinski definition) is 1. The van der Waals surface area contributed by atoms with Crippen molar-refractivity contribution in [3.8, 4) is 11.1 Å². The molecule has 0 bridgehead atoms. The summed E-state index contributed by atoms with van der Waals surface area (Å²) in [5, 5.41) is 2.89. The van der Waals surface area contributed by atoms with Crippen LogP contribution in [0.5, 0.6) is 0 Å². The van der Waals surface area contributed by atoms with Gasteiger partial charge in [0.05, 0.1) is 11.3 Å². The zero-order valence-electron chi connectivity index (χ0n) is 14.9. The Kier molecular flexibility index (Phi) is 3.73. The fourth-order valence-electron chi connectivity index (χ4n) is 3.81. The second kappa shape index (κ2) is 6.17. The maximum Gasteiger partial charge on any atom is 0.259 e. The number of fused-ring (bicyclic) bond motifs is 4. The Morgan fingerprint density at radius 3 is 2.79 bits per heavy atom. The summed E-state index contributed by atoms with van der Waals surface area (Å²) in [5.74, 6) is -0.248. The molecule has 0 atom stereocenters. The highest BCUT2D eigenvalue weighted by atomic mass is 32.2. The van der Waals surface area contributed by atoms with E-state index in [-0.39, 0.29) is 23.1 Å². The molecule has 2 aliphatic heterocycles. The van der Waals surface area contributed by atoms with Crippen LogP contribution in [0.3, 0.4) is 0 Å². The second-order valence-corrected chi connectivity index (χ2v) is 8.73. The van der Waals surface area contributed by atoms with E-state index in [1.807, 2.05) is 30.3 Å². The van der Waals surface area contributed by atoms with Crippen LogP contribution < -0.4 is 5.32 Å². The van der Waals surface area contributed by atoms with Crippen LogP contribution >= 0.6 is 0 Å². The van der Waals surface area contributed by atoms with Crippen LogP contribution in [-0.4, -0.2) is 37.4 Å². The molecule has 0 fully saturated rings. The number of hydrogen-bond acceptors (Lipinski definition) is 4. The fraction of sp³-hybridized carbons (Fsp3) is 0.143. The van der Waals surface area contributed by atoms with Crippen LogP contribution in [0.1, 0.15) is 11.1 Å². The molecule has 0 saturated carbocycles. The molecular weight excluding hydrogens is 374 g/mol. The number of allylic oxidation sites excluding steroid dienone is 2. The lowest BCUT2D eigenvalue weighted by molar-refractivity contribution is -0.112. The quantitative estimate of drug-likeness (QED) is 0.729. The monoisotopic (exact) mass is 391 g/mol. The molecule has 140 valence electrons. The number of anilines is 1. The molecule has 0 aromatic heterocycles. The zero-order chi connectivity index (χ0) is 19.3. The number of amides is 1. The van der Waals surface area contributed by atoms with E-state index < -0.39 is 10.0 Å². The Balaban J connectivity index is 1.42. The highest BCUT2D eigenvalue weighted by Crippen LogP contribution is 2.37. The van der Waals surface area contributed by atoms with Gasteiger partial charge in [-0.3, -0.25) is 4.79 Å². The molecule has 1 amide bonds. The van der Waals surface area contributed by atoms with Crippen molar-refractivity contribution < 1.29 is 13.2 Å². The van der Waals surface area contributed by atoms with E-state index in [1.165, 1.54) is 16.7 Å². The fourth-order valence-corrected chi connectivity index (χ4v) is 4.80. The summed E-state index contributed by atoms with van der Waals surface area (Å²) < 4.78 is 27.5. The minimum Gasteiger partial charge on any atom is -0.331 e. The summed E-state index contributed by atoms with van der Waals surface area (Å²) >= 11 is 0. The molecule has 2 aromatic rings. The lowest BCUT2D eigenvalue weighted by Gasteiger charge is -2.28. The Morgan fingerprint density at radius 1 is 1.07 bits per heavy atom. The predicted octanol–water partition coefficient (Wildman–Crippen LogP) is 2.69. The lowest BCUT2D eigenvalue weighted by Crippen LogP contribution is -2.40. The maximum absolute atomic E-state index is 12.8. The third kappa shape index (κ3) is 2.84. The van der Waals surface area contributed by atoms with Gasteiger partial charge in [0.25, 0.3) is 15.9 Å². The molecule has 6 nitrogen and oxygen atoms in total. The van der Waals surface area contributed by atoms with Gasteiger partial charge in [0.15, 0.2) is 5.84 Å². The molecule has 0 spiro atoms. The van der Waals surface area contributed by atoms with Crippen LogP contribution in [0.4, 0.5) is 5.69 Å². The van der Waals surface area contributed by atoms with E-state index >= 15 is 0 Å². The SMILES string of the molecule is O=C(Nc1ccc2c(c1)Cc1ccccc1-2)C1=CC=CN2CCS(=O)(=O)N=C12. The van der Waals surface area contributed by atoms with Gasteiger partial charge in [-0.2, -0.15) is 0 Å². The summed E-state index contributed by atoms with van der Waals surface area (Å²) in [6.07, 6.45) is 5.89. The molecular formula is C21H17N3O3S. The van der Waals surface area contributed by atoms with E-state index in [0.29, 0.717) is 12.2 Å². The topological polar surface area (TPSA) is 78.8 Å². The van der Waals surface area contributed by atoms with Gasteiger partial charge in [0, 0.05) is 18.4 Å². The molecule has 1 N–H and O–H groups in total. The third-order valence-corrected chi connectivity index (χ3v) is 6.30. The van der Waals surface area contributed by atoms with E-state index in [1.54, 1.807) is 23.3 Å². The normalized spacial score (nSPS) is 18.5. The second-order valence-electron chi connectivity index (χ2n) is 6.98. The Hall–Kier alpha value is -3.19. The Bertz CT molecular complexity index is 1210. The van der Waals surface area contributed by atoms with Gasteiger partial charge in [0.2, 0.25) is 0 Å². The van der Waals surface area contributed by atoms with Crippen LogP contribution in [0, 0.1) is 0 Å². The number of carbonyl (C=O) groups excluding carboxylic acids is 1. The maximum atomic E-state index is 12.8. The molecule has 5 rings (SSSR count). The van der Waals surface area contributed by atoms with Gasteiger partial charge < -0.3 is 10.2 Å². The van der Waals surface area contributed by atoms with Gasteiger partial charge in [0.1, 0.15) is 0 Å². The van der Waals surface area contributed by atoms with Gasteiger partial charge in [-0.05, 0) is 53.0 Å². The van der Waals surface area contributed by atoms with E-state index in [9.17, 15) is 13.2 Å². The van der Waals surface area contributed by atoms with Crippen molar-refractivity contribution in [1.82, 2.24) is 4.90 Å². The molecule has 0 unspecified atom stereocenters. The van der Waals surface area contributed by atoms with E-state index in [0.717, 1.165) is 12.0 Å². The van der Waals surface area contributed by atoms with E-state index in [2.05, 4.69) is 21.8 Å². The molecule has 1 aliphatic carbocycles. The summed E-state index contributed by atoms with van der Waals surface area (Å²) in [6.45, 7) is 0.291. The van der Waals surface area contributed by atoms with Crippen LogP contribution in [0.25, 0.3) is 11.1 Å². The van der Waals surface area contributed by atoms with Crippen molar-refractivity contribution in [3.63, 3.8) is 0 Å². The molecule has 0 radical (unpaired) electrons.